The molecule has 0 heterocycles. The maximum atomic E-state index is 12.1. The summed E-state index contributed by atoms with van der Waals surface area (Å²) in [7, 11) is 1.64. The third kappa shape index (κ3) is 2.37. The van der Waals surface area contributed by atoms with Gasteiger partial charge in [0.15, 0.2) is 0 Å². The normalized spacial score (nSPS) is 16.4. The SMILES string of the molecule is CCOC(=O)CN(C)C(=O)C1Cc2ccccc21. The molecule has 0 N–H and O–H groups in total. The van der Waals surface area contributed by atoms with Crippen LogP contribution in [0.3, 0.4) is 0 Å². The number of fused-ring (bicyclic) bond motifs is 1. The summed E-state index contributed by atoms with van der Waals surface area (Å²) in [5.41, 5.74) is 2.30. The fraction of sp³-hybridized carbons (Fsp3) is 0.429. The van der Waals surface area contributed by atoms with E-state index in [4.69, 9.17) is 4.74 Å². The Morgan fingerprint density at radius 3 is 2.78 bits per heavy atom. The summed E-state index contributed by atoms with van der Waals surface area (Å²) in [5.74, 6) is -0.469. The van der Waals surface area contributed by atoms with E-state index < -0.39 is 0 Å². The number of benzene rings is 1. The van der Waals surface area contributed by atoms with E-state index in [2.05, 4.69) is 0 Å². The van der Waals surface area contributed by atoms with E-state index in [-0.39, 0.29) is 24.3 Å². The molecule has 0 aliphatic heterocycles. The van der Waals surface area contributed by atoms with Gasteiger partial charge >= 0.3 is 5.97 Å². The number of carbonyl (C=O) groups excluding carboxylic acids is 2. The van der Waals surface area contributed by atoms with Crippen molar-refractivity contribution >= 4 is 11.9 Å². The van der Waals surface area contributed by atoms with E-state index in [0.717, 1.165) is 12.0 Å². The van der Waals surface area contributed by atoms with Gasteiger partial charge in [-0.15, -0.1) is 0 Å². The van der Waals surface area contributed by atoms with E-state index in [0.29, 0.717) is 6.61 Å². The highest BCUT2D eigenvalue weighted by Gasteiger charge is 2.34. The standard InChI is InChI=1S/C14H17NO3/c1-3-18-13(16)9-15(2)14(17)12-8-10-6-4-5-7-11(10)12/h4-7,12H,3,8-9H2,1-2H3. The monoisotopic (exact) mass is 247 g/mol. The molecular weight excluding hydrogens is 230 g/mol. The topological polar surface area (TPSA) is 46.6 Å². The number of esters is 1. The van der Waals surface area contributed by atoms with Crippen LogP contribution in [0.15, 0.2) is 24.3 Å². The molecule has 4 heteroatoms. The Kier molecular flexibility index (Phi) is 3.65. The maximum Gasteiger partial charge on any atom is 0.325 e. The van der Waals surface area contributed by atoms with Gasteiger partial charge in [0.1, 0.15) is 6.54 Å². The predicted molar refractivity (Wildman–Crippen MR) is 67.2 cm³/mol. The minimum absolute atomic E-state index is 0.0123. The van der Waals surface area contributed by atoms with Crippen molar-refractivity contribution in [1.82, 2.24) is 4.90 Å². The van der Waals surface area contributed by atoms with Gasteiger partial charge < -0.3 is 9.64 Å². The highest BCUT2D eigenvalue weighted by Crippen LogP contribution is 2.35. The van der Waals surface area contributed by atoms with Gasteiger partial charge in [0.2, 0.25) is 5.91 Å². The van der Waals surface area contributed by atoms with E-state index in [9.17, 15) is 9.59 Å². The van der Waals surface area contributed by atoms with Gasteiger partial charge in [-0.2, -0.15) is 0 Å². The van der Waals surface area contributed by atoms with Gasteiger partial charge in [0, 0.05) is 7.05 Å². The van der Waals surface area contributed by atoms with E-state index in [1.54, 1.807) is 14.0 Å². The van der Waals surface area contributed by atoms with Crippen LogP contribution in [0.4, 0.5) is 0 Å². The fourth-order valence-electron chi connectivity index (χ4n) is 2.22. The summed E-state index contributed by atoms with van der Waals surface area (Å²) in [6.07, 6.45) is 0.766. The molecule has 0 radical (unpaired) electrons. The number of nitrogens with zero attached hydrogens (tertiary/aromatic N) is 1. The molecule has 0 fully saturated rings. The first-order valence-electron chi connectivity index (χ1n) is 6.12. The first-order valence-corrected chi connectivity index (χ1v) is 6.12. The lowest BCUT2D eigenvalue weighted by Gasteiger charge is -2.31. The Balaban J connectivity index is 1.95. The Labute approximate surface area is 107 Å². The van der Waals surface area contributed by atoms with Crippen molar-refractivity contribution in [2.75, 3.05) is 20.2 Å². The Bertz CT molecular complexity index is 470. The molecule has 1 aliphatic rings. The lowest BCUT2D eigenvalue weighted by Crippen LogP contribution is -2.40. The molecule has 1 aromatic carbocycles. The second-order valence-corrected chi connectivity index (χ2v) is 4.45. The van der Waals surface area contributed by atoms with Crippen LogP contribution in [0, 0.1) is 0 Å². The molecule has 4 nitrogen and oxygen atoms in total. The summed E-state index contributed by atoms with van der Waals surface area (Å²) in [4.78, 5) is 24.9. The van der Waals surface area contributed by atoms with E-state index in [1.807, 2.05) is 24.3 Å². The minimum Gasteiger partial charge on any atom is -0.465 e. The number of hydrogen-bond acceptors (Lipinski definition) is 3. The highest BCUT2D eigenvalue weighted by molar-refractivity contribution is 5.89. The first kappa shape index (κ1) is 12.6. The summed E-state index contributed by atoms with van der Waals surface area (Å²) in [6.45, 7) is 2.11. The summed E-state index contributed by atoms with van der Waals surface area (Å²) in [5, 5.41) is 0. The summed E-state index contributed by atoms with van der Waals surface area (Å²) < 4.78 is 4.83. The van der Waals surface area contributed by atoms with Gasteiger partial charge in [-0.05, 0) is 24.5 Å². The Hall–Kier alpha value is -1.84. The van der Waals surface area contributed by atoms with Crippen molar-refractivity contribution in [2.24, 2.45) is 0 Å². The van der Waals surface area contributed by atoms with Crippen molar-refractivity contribution < 1.29 is 14.3 Å². The lowest BCUT2D eigenvalue weighted by molar-refractivity contribution is -0.148. The van der Waals surface area contributed by atoms with Crippen molar-refractivity contribution in [3.63, 3.8) is 0 Å². The largest absolute Gasteiger partial charge is 0.465 e. The van der Waals surface area contributed by atoms with Crippen LogP contribution in [-0.4, -0.2) is 37.0 Å². The lowest BCUT2D eigenvalue weighted by atomic mass is 9.77. The van der Waals surface area contributed by atoms with Crippen LogP contribution >= 0.6 is 0 Å². The molecule has 0 saturated carbocycles. The first-order chi connectivity index (χ1) is 8.63. The second-order valence-electron chi connectivity index (χ2n) is 4.45. The zero-order chi connectivity index (χ0) is 13.1. The van der Waals surface area contributed by atoms with Gasteiger partial charge in [0.05, 0.1) is 12.5 Å². The third-order valence-electron chi connectivity index (χ3n) is 3.20. The van der Waals surface area contributed by atoms with Gasteiger partial charge in [-0.25, -0.2) is 0 Å². The quantitative estimate of drug-likeness (QED) is 0.754. The minimum atomic E-state index is -0.360. The molecule has 1 amide bonds. The summed E-state index contributed by atoms with van der Waals surface area (Å²) >= 11 is 0. The highest BCUT2D eigenvalue weighted by atomic mass is 16.5. The Morgan fingerprint density at radius 2 is 2.11 bits per heavy atom. The number of rotatable bonds is 4. The number of hydrogen-bond donors (Lipinski definition) is 0. The average Bonchev–Trinajstić information content (AvgIpc) is 2.30. The van der Waals surface area contributed by atoms with Crippen LogP contribution in [-0.2, 0) is 20.7 Å². The molecule has 1 aliphatic carbocycles. The fourth-order valence-corrected chi connectivity index (χ4v) is 2.22. The van der Waals surface area contributed by atoms with Crippen LogP contribution in [0.2, 0.25) is 0 Å². The molecule has 0 bridgehead atoms. The van der Waals surface area contributed by atoms with Crippen molar-refractivity contribution in [3.05, 3.63) is 35.4 Å². The number of carbonyl (C=O) groups is 2. The molecular formula is C14H17NO3. The maximum absolute atomic E-state index is 12.1. The van der Waals surface area contributed by atoms with Gasteiger partial charge in [-0.1, -0.05) is 24.3 Å². The smallest absolute Gasteiger partial charge is 0.325 e. The number of ether oxygens (including phenoxy) is 1. The number of likely N-dealkylation sites (N-methyl/N-ethyl adjacent to an activating group) is 1. The molecule has 0 saturated heterocycles. The zero-order valence-corrected chi connectivity index (χ0v) is 10.7. The van der Waals surface area contributed by atoms with E-state index in [1.165, 1.54) is 10.5 Å². The second kappa shape index (κ2) is 5.21. The molecule has 1 atom stereocenters. The molecule has 0 spiro atoms. The average molecular weight is 247 g/mol. The molecule has 0 aromatic heterocycles. The zero-order valence-electron chi connectivity index (χ0n) is 10.7. The van der Waals surface area contributed by atoms with Crippen LogP contribution in [0.25, 0.3) is 0 Å². The van der Waals surface area contributed by atoms with E-state index >= 15 is 0 Å². The molecule has 1 unspecified atom stereocenters. The van der Waals surface area contributed by atoms with Crippen molar-refractivity contribution in [1.29, 1.82) is 0 Å². The van der Waals surface area contributed by atoms with Crippen molar-refractivity contribution in [2.45, 2.75) is 19.3 Å². The van der Waals surface area contributed by atoms with Gasteiger partial charge in [-0.3, -0.25) is 9.59 Å². The van der Waals surface area contributed by atoms with Crippen LogP contribution in [0.5, 0.6) is 0 Å². The van der Waals surface area contributed by atoms with Gasteiger partial charge in [0.25, 0.3) is 0 Å². The summed E-state index contributed by atoms with van der Waals surface area (Å²) in [6, 6.07) is 7.91. The molecule has 96 valence electrons. The predicted octanol–water partition coefficient (Wildman–Crippen LogP) is 1.35. The molecule has 1 aromatic rings. The van der Waals surface area contributed by atoms with Crippen LogP contribution in [0.1, 0.15) is 24.0 Å². The number of amides is 1. The third-order valence-corrected chi connectivity index (χ3v) is 3.20. The van der Waals surface area contributed by atoms with Crippen LogP contribution < -0.4 is 0 Å². The molecule has 18 heavy (non-hydrogen) atoms. The Morgan fingerprint density at radius 1 is 1.39 bits per heavy atom. The van der Waals surface area contributed by atoms with Crippen molar-refractivity contribution in [3.8, 4) is 0 Å². The molecule has 2 rings (SSSR count).